The van der Waals surface area contributed by atoms with Gasteiger partial charge in [-0.05, 0) is 104 Å². The number of benzene rings is 7. The molecule has 0 bridgehead atoms. The van der Waals surface area contributed by atoms with E-state index in [-0.39, 0.29) is 11.5 Å². The van der Waals surface area contributed by atoms with Crippen LogP contribution in [0.2, 0.25) is 0 Å². The largest absolute Gasteiger partial charge is 0.456 e. The van der Waals surface area contributed by atoms with Crippen LogP contribution in [0.5, 0.6) is 0 Å². The lowest BCUT2D eigenvalue weighted by Gasteiger charge is -2.36. The van der Waals surface area contributed by atoms with Crippen LogP contribution < -0.4 is 4.90 Å². The van der Waals surface area contributed by atoms with Crippen molar-refractivity contribution in [2.45, 2.75) is 43.6 Å². The first-order valence-electron chi connectivity index (χ1n) is 21.6. The van der Waals surface area contributed by atoms with Crippen LogP contribution in [0.3, 0.4) is 0 Å². The third-order valence-electron chi connectivity index (χ3n) is 14.6. The van der Waals surface area contributed by atoms with Crippen molar-refractivity contribution >= 4 is 38.9 Å². The number of para-hydroxylation sites is 1. The molecule has 0 radical (unpaired) electrons. The molecule has 0 fully saturated rings. The predicted octanol–water partition coefficient (Wildman–Crippen LogP) is 14.6. The minimum atomic E-state index is -0.409. The fourth-order valence-corrected chi connectivity index (χ4v) is 11.9. The standard InChI is InChI=1S/C58H43NO/c1-57(2)47-19-8-3-14-40(47)43-32-28-37(34-52(43)57)36-26-29-38(30-27-36)59(39-31-33-45-44-17-7-12-25-54(44)60-55(45)35-39)53-24-13-23-51-56(53)46-18-6-11-22-50(46)58(51)48-20-9-4-15-41(48)42-16-5-10-21-49(42)58/h3-27,29,31-35,37-38H,28,30H2,1-2H3. The molecule has 13 rings (SSSR count). The summed E-state index contributed by atoms with van der Waals surface area (Å²) >= 11 is 0. The highest BCUT2D eigenvalue weighted by Crippen LogP contribution is 2.64. The highest BCUT2D eigenvalue weighted by Gasteiger charge is 2.52. The number of furan rings is 1. The van der Waals surface area contributed by atoms with Crippen molar-refractivity contribution in [2.75, 3.05) is 4.90 Å². The van der Waals surface area contributed by atoms with Gasteiger partial charge in [0, 0.05) is 45.1 Å². The van der Waals surface area contributed by atoms with Gasteiger partial charge >= 0.3 is 0 Å². The van der Waals surface area contributed by atoms with Crippen molar-refractivity contribution in [1.29, 1.82) is 0 Å². The van der Waals surface area contributed by atoms with E-state index in [1.165, 1.54) is 78.0 Å². The highest BCUT2D eigenvalue weighted by molar-refractivity contribution is 6.06. The maximum Gasteiger partial charge on any atom is 0.137 e. The summed E-state index contributed by atoms with van der Waals surface area (Å²) in [5, 5.41) is 2.30. The Morgan fingerprint density at radius 3 is 1.93 bits per heavy atom. The smallest absolute Gasteiger partial charge is 0.137 e. The number of anilines is 2. The van der Waals surface area contributed by atoms with Gasteiger partial charge in [-0.15, -0.1) is 0 Å². The summed E-state index contributed by atoms with van der Waals surface area (Å²) in [6.45, 7) is 4.78. The number of hydrogen-bond donors (Lipinski definition) is 0. The second-order valence-corrected chi connectivity index (χ2v) is 17.8. The molecule has 0 aliphatic heterocycles. The summed E-state index contributed by atoms with van der Waals surface area (Å²) in [6, 6.07) is 58.7. The van der Waals surface area contributed by atoms with E-state index in [0.29, 0.717) is 5.92 Å². The number of fused-ring (bicyclic) bond motifs is 16. The summed E-state index contributed by atoms with van der Waals surface area (Å²) in [7, 11) is 0. The van der Waals surface area contributed by atoms with Gasteiger partial charge in [-0.3, -0.25) is 0 Å². The van der Waals surface area contributed by atoms with Gasteiger partial charge in [0.25, 0.3) is 0 Å². The van der Waals surface area contributed by atoms with Gasteiger partial charge in [0.15, 0.2) is 0 Å². The zero-order valence-corrected chi connectivity index (χ0v) is 33.8. The quantitative estimate of drug-likeness (QED) is 0.177. The maximum absolute atomic E-state index is 6.57. The van der Waals surface area contributed by atoms with Crippen molar-refractivity contribution < 1.29 is 4.42 Å². The second-order valence-electron chi connectivity index (χ2n) is 17.8. The zero-order valence-electron chi connectivity index (χ0n) is 33.8. The number of allylic oxidation sites excluding steroid dienone is 6. The van der Waals surface area contributed by atoms with Crippen LogP contribution in [0.15, 0.2) is 204 Å². The molecule has 5 aliphatic carbocycles. The molecule has 7 aromatic carbocycles. The van der Waals surface area contributed by atoms with Gasteiger partial charge < -0.3 is 9.32 Å². The molecule has 5 aliphatic rings. The van der Waals surface area contributed by atoms with Crippen LogP contribution in [-0.4, -0.2) is 6.04 Å². The molecule has 0 N–H and O–H groups in total. The van der Waals surface area contributed by atoms with E-state index in [1.807, 2.05) is 0 Å². The molecule has 0 saturated heterocycles. The van der Waals surface area contributed by atoms with Gasteiger partial charge in [-0.1, -0.05) is 172 Å². The third-order valence-corrected chi connectivity index (χ3v) is 14.6. The van der Waals surface area contributed by atoms with Gasteiger partial charge in [0.1, 0.15) is 11.2 Å². The number of rotatable bonds is 4. The molecule has 2 atom stereocenters. The first-order valence-corrected chi connectivity index (χ1v) is 21.6. The Kier molecular flexibility index (Phi) is 6.98. The summed E-state index contributed by atoms with van der Waals surface area (Å²) in [5.74, 6) is 0.352. The molecule has 0 amide bonds. The third kappa shape index (κ3) is 4.43. The van der Waals surface area contributed by atoms with Gasteiger partial charge in [-0.2, -0.15) is 0 Å². The van der Waals surface area contributed by atoms with Crippen molar-refractivity contribution in [3.63, 3.8) is 0 Å². The molecular weight excluding hydrogens is 727 g/mol. The first-order chi connectivity index (χ1) is 29.5. The fourth-order valence-electron chi connectivity index (χ4n) is 11.9. The minimum absolute atomic E-state index is 0.00361. The molecule has 1 aromatic heterocycles. The molecule has 2 nitrogen and oxygen atoms in total. The average molecular weight is 770 g/mol. The molecule has 2 heteroatoms. The SMILES string of the molecule is CC1(C)C2=CC(C3=CCC(N(c4ccc5c(c4)oc4ccccc45)c4cccc5c4-c4ccccc4C54c5ccccc5-c5ccccc54)C=C3)CC=C2c2ccccc21. The lowest BCUT2D eigenvalue weighted by Crippen LogP contribution is -2.31. The van der Waals surface area contributed by atoms with Crippen molar-refractivity contribution in [2.24, 2.45) is 5.92 Å². The van der Waals surface area contributed by atoms with Gasteiger partial charge in [-0.25, -0.2) is 0 Å². The summed E-state index contributed by atoms with van der Waals surface area (Å²) in [4.78, 5) is 2.60. The lowest BCUT2D eigenvalue weighted by molar-refractivity contribution is 0.639. The van der Waals surface area contributed by atoms with E-state index in [9.17, 15) is 0 Å². The van der Waals surface area contributed by atoms with Gasteiger partial charge in [0.2, 0.25) is 0 Å². The van der Waals surface area contributed by atoms with Crippen LogP contribution in [-0.2, 0) is 10.8 Å². The zero-order chi connectivity index (χ0) is 39.7. The summed E-state index contributed by atoms with van der Waals surface area (Å²) < 4.78 is 6.57. The Bertz CT molecular complexity index is 3230. The van der Waals surface area contributed by atoms with Gasteiger partial charge in [0.05, 0.1) is 11.5 Å². The molecule has 286 valence electrons. The molecule has 8 aromatic rings. The second kappa shape index (κ2) is 12.3. The Balaban J connectivity index is 0.971. The van der Waals surface area contributed by atoms with Crippen molar-refractivity contribution in [1.82, 2.24) is 0 Å². The average Bonchev–Trinajstić information content (AvgIpc) is 3.99. The fraction of sp³-hybridized carbons (Fsp3) is 0.138. The lowest BCUT2D eigenvalue weighted by atomic mass is 9.70. The van der Waals surface area contributed by atoms with Crippen LogP contribution >= 0.6 is 0 Å². The van der Waals surface area contributed by atoms with Crippen molar-refractivity contribution in [3.05, 3.63) is 233 Å². The van der Waals surface area contributed by atoms with E-state index in [1.54, 1.807) is 0 Å². The van der Waals surface area contributed by atoms with E-state index in [2.05, 4.69) is 207 Å². The Morgan fingerprint density at radius 2 is 1.18 bits per heavy atom. The maximum atomic E-state index is 6.57. The summed E-state index contributed by atoms with van der Waals surface area (Å²) in [6.07, 6.45) is 14.4. The molecule has 60 heavy (non-hydrogen) atoms. The van der Waals surface area contributed by atoms with E-state index in [4.69, 9.17) is 4.42 Å². The molecule has 1 spiro atoms. The normalized spacial score (nSPS) is 19.5. The first kappa shape index (κ1) is 34.0. The van der Waals surface area contributed by atoms with E-state index < -0.39 is 5.41 Å². The van der Waals surface area contributed by atoms with E-state index >= 15 is 0 Å². The Hall–Kier alpha value is -6.90. The Labute approximate surface area is 351 Å². The molecule has 0 saturated carbocycles. The molecule has 1 heterocycles. The monoisotopic (exact) mass is 769 g/mol. The van der Waals surface area contributed by atoms with Crippen LogP contribution in [0.1, 0.15) is 60.1 Å². The highest BCUT2D eigenvalue weighted by atomic mass is 16.3. The topological polar surface area (TPSA) is 16.4 Å². The van der Waals surface area contributed by atoms with Crippen LogP contribution in [0.4, 0.5) is 11.4 Å². The molecular formula is C58H43NO. The van der Waals surface area contributed by atoms with E-state index in [0.717, 1.165) is 40.5 Å². The number of hydrogen-bond acceptors (Lipinski definition) is 2. The van der Waals surface area contributed by atoms with Crippen LogP contribution in [0.25, 0.3) is 49.8 Å². The van der Waals surface area contributed by atoms with Crippen molar-refractivity contribution in [3.8, 4) is 22.3 Å². The predicted molar refractivity (Wildman–Crippen MR) is 248 cm³/mol. The Morgan fingerprint density at radius 1 is 0.550 bits per heavy atom. The molecule has 2 unspecified atom stereocenters. The van der Waals surface area contributed by atoms with Crippen LogP contribution in [0, 0.1) is 5.92 Å². The minimum Gasteiger partial charge on any atom is -0.456 e. The number of nitrogens with zero attached hydrogens (tertiary/aromatic N) is 1. The summed E-state index contributed by atoms with van der Waals surface area (Å²) in [5.41, 5.74) is 21.6.